The van der Waals surface area contributed by atoms with Gasteiger partial charge in [-0.15, -0.1) is 0 Å². The number of morpholine rings is 1. The van der Waals surface area contributed by atoms with E-state index >= 15 is 0 Å². The molecule has 2 heterocycles. The minimum absolute atomic E-state index is 0.0496. The molecule has 0 radical (unpaired) electrons. The molecule has 1 saturated heterocycles. The predicted molar refractivity (Wildman–Crippen MR) is 120 cm³/mol. The molecule has 1 fully saturated rings. The van der Waals surface area contributed by atoms with Crippen LogP contribution in [0.1, 0.15) is 36.3 Å². The minimum Gasteiger partial charge on any atom is -0.507 e. The second-order valence-corrected chi connectivity index (χ2v) is 9.04. The second-order valence-electron chi connectivity index (χ2n) is 9.04. The number of rotatable bonds is 4. The van der Waals surface area contributed by atoms with E-state index in [0.717, 1.165) is 16.0 Å². The first-order valence-electron chi connectivity index (χ1n) is 11.1. The third-order valence-electron chi connectivity index (χ3n) is 5.81. The maximum Gasteiger partial charge on any atom is 0.453 e. The first-order valence-corrected chi connectivity index (χ1v) is 11.1. The molecule has 0 amide bonds. The largest absolute Gasteiger partial charge is 0.507 e. The molecule has 1 aliphatic rings. The van der Waals surface area contributed by atoms with E-state index in [1.165, 1.54) is 12.1 Å². The Labute approximate surface area is 194 Å². The van der Waals surface area contributed by atoms with Crippen LogP contribution >= 0.6 is 0 Å². The first kappa shape index (κ1) is 24.1. The lowest BCUT2D eigenvalue weighted by atomic mass is 10.1. The van der Waals surface area contributed by atoms with Crippen LogP contribution in [0.4, 0.5) is 13.2 Å². The van der Waals surface area contributed by atoms with E-state index in [0.29, 0.717) is 13.1 Å². The van der Waals surface area contributed by atoms with Crippen molar-refractivity contribution in [3.63, 3.8) is 0 Å². The van der Waals surface area contributed by atoms with Crippen molar-refractivity contribution in [2.24, 2.45) is 0 Å². The molecular weight excluding hydrogens is 451 g/mol. The van der Waals surface area contributed by atoms with Crippen LogP contribution in [0.25, 0.3) is 11.0 Å². The number of alkyl halides is 3. The highest BCUT2D eigenvalue weighted by molar-refractivity contribution is 5.83. The molecular formula is C25H27F3NO5+. The molecule has 0 aliphatic carbocycles. The molecule has 2 aromatic carbocycles. The number of aryl methyl sites for hydroxylation is 2. The highest BCUT2D eigenvalue weighted by atomic mass is 19.4. The summed E-state index contributed by atoms with van der Waals surface area (Å²) in [7, 11) is 0. The van der Waals surface area contributed by atoms with E-state index in [1.54, 1.807) is 26.0 Å². The Kier molecular flexibility index (Phi) is 6.35. The second kappa shape index (κ2) is 8.96. The minimum atomic E-state index is -4.99. The van der Waals surface area contributed by atoms with Gasteiger partial charge in [0.15, 0.2) is 5.58 Å². The number of aromatic hydroxyl groups is 1. The lowest BCUT2D eigenvalue weighted by Gasteiger charge is -2.32. The van der Waals surface area contributed by atoms with Crippen molar-refractivity contribution >= 4 is 11.0 Å². The maximum atomic E-state index is 14.0. The predicted octanol–water partition coefficient (Wildman–Crippen LogP) is 4.12. The van der Waals surface area contributed by atoms with Crippen LogP contribution in [0.3, 0.4) is 0 Å². The number of hydrogen-bond donors (Lipinski definition) is 2. The highest BCUT2D eigenvalue weighted by Gasteiger charge is 2.41. The van der Waals surface area contributed by atoms with Crippen molar-refractivity contribution < 1.29 is 37.1 Å². The SMILES string of the molecule is Cc1cc(C)cc(Oc2c(C(F)(F)F)oc3c(C[NH+]4C[C@@H](C)O[C@@H](C)C4)c(O)ccc3c2=O)c1. The fourth-order valence-electron chi connectivity index (χ4n) is 4.63. The molecule has 1 aromatic heterocycles. The lowest BCUT2D eigenvalue weighted by molar-refractivity contribution is -0.928. The number of ether oxygens (including phenoxy) is 2. The summed E-state index contributed by atoms with van der Waals surface area (Å²) < 4.78 is 58.6. The zero-order valence-corrected chi connectivity index (χ0v) is 19.4. The molecule has 6 nitrogen and oxygen atoms in total. The van der Waals surface area contributed by atoms with Crippen molar-refractivity contribution in [2.75, 3.05) is 13.1 Å². The number of halogens is 3. The van der Waals surface area contributed by atoms with E-state index in [4.69, 9.17) is 13.9 Å². The first-order chi connectivity index (χ1) is 15.9. The molecule has 2 N–H and O–H groups in total. The Hall–Kier alpha value is -3.04. The number of nitrogens with one attached hydrogen (secondary N) is 1. The molecule has 0 bridgehead atoms. The molecule has 3 atom stereocenters. The average Bonchev–Trinajstić information content (AvgIpc) is 2.69. The summed E-state index contributed by atoms with van der Waals surface area (Å²) in [5.74, 6) is -2.59. The molecule has 1 aliphatic heterocycles. The van der Waals surface area contributed by atoms with Gasteiger partial charge in [0.25, 0.3) is 5.76 Å². The van der Waals surface area contributed by atoms with Crippen molar-refractivity contribution in [1.29, 1.82) is 0 Å². The fraction of sp³-hybridized carbons (Fsp3) is 0.400. The maximum absolute atomic E-state index is 14.0. The summed E-state index contributed by atoms with van der Waals surface area (Å²) in [6, 6.07) is 7.49. The van der Waals surface area contributed by atoms with Crippen LogP contribution in [0, 0.1) is 13.8 Å². The van der Waals surface area contributed by atoms with Gasteiger partial charge in [-0.1, -0.05) is 6.07 Å². The summed E-state index contributed by atoms with van der Waals surface area (Å²) in [6.45, 7) is 8.76. The quantitative estimate of drug-likeness (QED) is 0.590. The summed E-state index contributed by atoms with van der Waals surface area (Å²) in [5, 5.41) is 10.4. The number of hydrogen-bond acceptors (Lipinski definition) is 5. The molecule has 3 aromatic rings. The molecule has 182 valence electrons. The molecule has 4 rings (SSSR count). The van der Waals surface area contributed by atoms with Gasteiger partial charge in [-0.25, -0.2) is 0 Å². The highest BCUT2D eigenvalue weighted by Crippen LogP contribution is 2.40. The zero-order valence-electron chi connectivity index (χ0n) is 19.4. The Morgan fingerprint density at radius 1 is 1.09 bits per heavy atom. The molecule has 0 saturated carbocycles. The van der Waals surface area contributed by atoms with Gasteiger partial charge in [-0.3, -0.25) is 4.79 Å². The summed E-state index contributed by atoms with van der Waals surface area (Å²) >= 11 is 0. The number of phenols is 1. The van der Waals surface area contributed by atoms with E-state index in [1.807, 2.05) is 19.9 Å². The number of fused-ring (bicyclic) bond motifs is 1. The molecule has 0 spiro atoms. The van der Waals surface area contributed by atoms with Gasteiger partial charge in [-0.05, 0) is 63.1 Å². The van der Waals surface area contributed by atoms with E-state index < -0.39 is 23.1 Å². The Balaban J connectivity index is 1.86. The van der Waals surface area contributed by atoms with Crippen LogP contribution in [0.2, 0.25) is 0 Å². The van der Waals surface area contributed by atoms with Gasteiger partial charge in [0.2, 0.25) is 11.2 Å². The fourth-order valence-corrected chi connectivity index (χ4v) is 4.63. The third-order valence-corrected chi connectivity index (χ3v) is 5.81. The van der Waals surface area contributed by atoms with Gasteiger partial charge < -0.3 is 23.9 Å². The van der Waals surface area contributed by atoms with Crippen LogP contribution < -0.4 is 15.1 Å². The van der Waals surface area contributed by atoms with Crippen molar-refractivity contribution in [2.45, 2.75) is 52.6 Å². The summed E-state index contributed by atoms with van der Waals surface area (Å²) in [5.41, 5.74) is 0.460. The van der Waals surface area contributed by atoms with Crippen LogP contribution in [-0.4, -0.2) is 30.4 Å². The van der Waals surface area contributed by atoms with Gasteiger partial charge in [-0.2, -0.15) is 13.2 Å². The van der Waals surface area contributed by atoms with Crippen LogP contribution in [0.15, 0.2) is 39.5 Å². The van der Waals surface area contributed by atoms with Gasteiger partial charge in [0, 0.05) is 0 Å². The number of quaternary nitrogens is 1. The van der Waals surface area contributed by atoms with Crippen LogP contribution in [-0.2, 0) is 17.5 Å². The van der Waals surface area contributed by atoms with E-state index in [9.17, 15) is 23.1 Å². The zero-order chi connectivity index (χ0) is 24.8. The normalized spacial score (nSPS) is 21.1. The van der Waals surface area contributed by atoms with Crippen molar-refractivity contribution in [3.05, 3.63) is 63.0 Å². The molecule has 1 unspecified atom stereocenters. The van der Waals surface area contributed by atoms with Crippen LogP contribution in [0.5, 0.6) is 17.2 Å². The lowest BCUT2D eigenvalue weighted by Crippen LogP contribution is -3.14. The van der Waals surface area contributed by atoms with Crippen molar-refractivity contribution in [3.8, 4) is 17.2 Å². The number of benzene rings is 2. The van der Waals surface area contributed by atoms with Gasteiger partial charge in [0.1, 0.15) is 43.3 Å². The monoisotopic (exact) mass is 478 g/mol. The summed E-state index contributed by atoms with van der Waals surface area (Å²) in [6.07, 6.45) is -5.09. The van der Waals surface area contributed by atoms with Gasteiger partial charge in [0.05, 0.1) is 10.9 Å². The molecule has 34 heavy (non-hydrogen) atoms. The standard InChI is InChI=1S/C25H26F3NO5/c1-13-7-14(2)9-17(8-13)33-23-21(31)18-5-6-20(30)19(22(18)34-24(23)25(26,27)28)12-29-10-15(3)32-16(4)11-29/h5-9,15-16,30H,10-12H2,1-4H3/p+1/t15-,16+. The van der Waals surface area contributed by atoms with Gasteiger partial charge >= 0.3 is 6.18 Å². The average molecular weight is 478 g/mol. The Morgan fingerprint density at radius 2 is 1.71 bits per heavy atom. The summed E-state index contributed by atoms with van der Waals surface area (Å²) in [4.78, 5) is 14.2. The smallest absolute Gasteiger partial charge is 0.453 e. The van der Waals surface area contributed by atoms with E-state index in [-0.39, 0.29) is 46.8 Å². The topological polar surface area (TPSA) is 73.3 Å². The Bertz CT molecular complexity index is 1250. The van der Waals surface area contributed by atoms with E-state index in [2.05, 4.69) is 0 Å². The molecule has 9 heteroatoms. The Morgan fingerprint density at radius 3 is 2.29 bits per heavy atom. The van der Waals surface area contributed by atoms with Crippen molar-refractivity contribution in [1.82, 2.24) is 0 Å². The third kappa shape index (κ3) is 4.90. The number of phenolic OH excluding ortho intramolecular Hbond substituents is 1.